The average Bonchev–Trinajstić information content (AvgIpc) is 2.45. The van der Waals surface area contributed by atoms with Gasteiger partial charge in [-0.2, -0.15) is 0 Å². The van der Waals surface area contributed by atoms with Gasteiger partial charge in [0.2, 0.25) is 17.7 Å². The fourth-order valence-electron chi connectivity index (χ4n) is 2.15. The van der Waals surface area contributed by atoms with Crippen LogP contribution in [-0.2, 0) is 20.8 Å². The number of halogens is 2. The van der Waals surface area contributed by atoms with Crippen molar-refractivity contribution in [1.82, 2.24) is 10.6 Å². The van der Waals surface area contributed by atoms with Gasteiger partial charge in [0.05, 0.1) is 0 Å². The minimum Gasteiger partial charge on any atom is -0.368 e. The largest absolute Gasteiger partial charge is 0.368 e. The maximum absolute atomic E-state index is 12.4. The Morgan fingerprint density at radius 3 is 2.25 bits per heavy atom. The number of benzene rings is 1. The van der Waals surface area contributed by atoms with E-state index >= 15 is 0 Å². The van der Waals surface area contributed by atoms with E-state index in [1.165, 1.54) is 6.92 Å². The number of amides is 3. The number of primary amides is 1. The highest BCUT2D eigenvalue weighted by molar-refractivity contribution is 6.35. The fraction of sp³-hybridized carbons (Fsp3) is 0.438. The van der Waals surface area contributed by atoms with Gasteiger partial charge in [0, 0.05) is 23.4 Å². The van der Waals surface area contributed by atoms with Crippen molar-refractivity contribution in [3.8, 4) is 0 Å². The number of carbonyl (C=O) groups is 3. The molecule has 0 fully saturated rings. The highest BCUT2D eigenvalue weighted by atomic mass is 35.5. The average molecular weight is 374 g/mol. The van der Waals surface area contributed by atoms with Gasteiger partial charge >= 0.3 is 0 Å². The number of nitrogens with two attached hydrogens (primary N) is 1. The van der Waals surface area contributed by atoms with Crippen LogP contribution in [0.4, 0.5) is 0 Å². The summed E-state index contributed by atoms with van der Waals surface area (Å²) >= 11 is 11.9. The summed E-state index contributed by atoms with van der Waals surface area (Å²) in [7, 11) is 0. The maximum atomic E-state index is 12.4. The second-order valence-corrected chi connectivity index (χ2v) is 6.67. The minimum absolute atomic E-state index is 0.127. The predicted molar refractivity (Wildman–Crippen MR) is 93.7 cm³/mol. The zero-order chi connectivity index (χ0) is 18.4. The zero-order valence-electron chi connectivity index (χ0n) is 13.7. The van der Waals surface area contributed by atoms with Gasteiger partial charge in [0.15, 0.2) is 0 Å². The maximum Gasteiger partial charge on any atom is 0.243 e. The lowest BCUT2D eigenvalue weighted by molar-refractivity contribution is -0.131. The van der Waals surface area contributed by atoms with Gasteiger partial charge in [-0.15, -0.1) is 0 Å². The van der Waals surface area contributed by atoms with Crippen LogP contribution in [0.25, 0.3) is 0 Å². The molecule has 0 bridgehead atoms. The highest BCUT2D eigenvalue weighted by Gasteiger charge is 2.27. The Morgan fingerprint density at radius 2 is 1.79 bits per heavy atom. The summed E-state index contributed by atoms with van der Waals surface area (Å²) in [5, 5.41) is 5.98. The van der Waals surface area contributed by atoms with Crippen LogP contribution in [0.2, 0.25) is 10.0 Å². The topological polar surface area (TPSA) is 101 Å². The van der Waals surface area contributed by atoms with Crippen molar-refractivity contribution in [3.63, 3.8) is 0 Å². The fourth-order valence-corrected chi connectivity index (χ4v) is 2.63. The van der Waals surface area contributed by atoms with E-state index in [2.05, 4.69) is 10.6 Å². The Hall–Kier alpha value is -1.79. The van der Waals surface area contributed by atoms with E-state index in [1.807, 2.05) is 0 Å². The highest BCUT2D eigenvalue weighted by Crippen LogP contribution is 2.22. The van der Waals surface area contributed by atoms with Crippen LogP contribution < -0.4 is 16.4 Å². The standard InChI is InChI=1S/C16H21Cl2N3O3/c1-8(2)14(20-9(3)22)16(24)21-13(15(19)23)6-10-4-5-11(17)7-12(10)18/h4-5,7-8,13-14H,6H2,1-3H3,(H2,19,23)(H,20,22)(H,21,24)/t13-,14+/m0/s1. The summed E-state index contributed by atoms with van der Waals surface area (Å²) in [5.74, 6) is -1.66. The van der Waals surface area contributed by atoms with E-state index in [0.29, 0.717) is 15.6 Å². The molecule has 0 saturated heterocycles. The SMILES string of the molecule is CC(=O)N[C@@H](C(=O)N[C@@H](Cc1ccc(Cl)cc1Cl)C(N)=O)C(C)C. The van der Waals surface area contributed by atoms with Crippen LogP contribution in [0.15, 0.2) is 18.2 Å². The number of rotatable bonds is 7. The Morgan fingerprint density at radius 1 is 1.17 bits per heavy atom. The van der Waals surface area contributed by atoms with Gasteiger partial charge in [0.1, 0.15) is 12.1 Å². The summed E-state index contributed by atoms with van der Waals surface area (Å²) in [6.45, 7) is 4.90. The van der Waals surface area contributed by atoms with Gasteiger partial charge in [0.25, 0.3) is 0 Å². The Kier molecular flexibility index (Phi) is 7.51. The molecule has 0 aliphatic carbocycles. The van der Waals surface area contributed by atoms with E-state index in [0.717, 1.165) is 0 Å². The molecule has 132 valence electrons. The molecule has 0 radical (unpaired) electrons. The number of hydrogen-bond donors (Lipinski definition) is 3. The molecule has 0 aliphatic rings. The molecule has 0 heterocycles. The van der Waals surface area contributed by atoms with Crippen LogP contribution >= 0.6 is 23.2 Å². The zero-order valence-corrected chi connectivity index (χ0v) is 15.2. The molecule has 0 spiro atoms. The lowest BCUT2D eigenvalue weighted by Gasteiger charge is -2.24. The minimum atomic E-state index is -0.953. The molecule has 0 aliphatic heterocycles. The molecule has 4 N–H and O–H groups in total. The normalized spacial score (nSPS) is 13.2. The molecule has 1 rings (SSSR count). The molecule has 1 aromatic carbocycles. The van der Waals surface area contributed by atoms with E-state index in [4.69, 9.17) is 28.9 Å². The molecular formula is C16H21Cl2N3O3. The lowest BCUT2D eigenvalue weighted by Crippen LogP contribution is -2.55. The van der Waals surface area contributed by atoms with Gasteiger partial charge in [-0.1, -0.05) is 43.1 Å². The van der Waals surface area contributed by atoms with Crippen molar-refractivity contribution in [3.05, 3.63) is 33.8 Å². The van der Waals surface area contributed by atoms with Crippen molar-refractivity contribution in [2.24, 2.45) is 11.7 Å². The molecule has 6 nitrogen and oxygen atoms in total. The molecule has 0 saturated carbocycles. The molecule has 0 aromatic heterocycles. The third-order valence-corrected chi connectivity index (χ3v) is 3.99. The van der Waals surface area contributed by atoms with Gasteiger partial charge in [-0.05, 0) is 23.6 Å². The van der Waals surface area contributed by atoms with E-state index in [-0.39, 0.29) is 18.2 Å². The van der Waals surface area contributed by atoms with Crippen LogP contribution in [-0.4, -0.2) is 29.8 Å². The van der Waals surface area contributed by atoms with Crippen molar-refractivity contribution >= 4 is 40.9 Å². The number of nitrogens with one attached hydrogen (secondary N) is 2. The molecule has 1 aromatic rings. The second-order valence-electron chi connectivity index (χ2n) is 5.83. The molecule has 8 heteroatoms. The van der Waals surface area contributed by atoms with Crippen LogP contribution in [0.3, 0.4) is 0 Å². The monoisotopic (exact) mass is 373 g/mol. The first-order valence-corrected chi connectivity index (χ1v) is 8.18. The Labute approximate surface area is 151 Å². The van der Waals surface area contributed by atoms with Crippen LogP contribution in [0.1, 0.15) is 26.3 Å². The number of carbonyl (C=O) groups excluding carboxylic acids is 3. The van der Waals surface area contributed by atoms with Crippen LogP contribution in [0, 0.1) is 5.92 Å². The van der Waals surface area contributed by atoms with E-state index < -0.39 is 23.9 Å². The predicted octanol–water partition coefficient (Wildman–Crippen LogP) is 1.67. The van der Waals surface area contributed by atoms with Crippen molar-refractivity contribution in [2.75, 3.05) is 0 Å². The van der Waals surface area contributed by atoms with E-state index in [9.17, 15) is 14.4 Å². The summed E-state index contributed by atoms with van der Waals surface area (Å²) in [4.78, 5) is 35.3. The molecule has 0 unspecified atom stereocenters. The summed E-state index contributed by atoms with van der Waals surface area (Å²) in [5.41, 5.74) is 6.01. The molecule has 3 amide bonds. The smallest absolute Gasteiger partial charge is 0.243 e. The summed E-state index contributed by atoms with van der Waals surface area (Å²) < 4.78 is 0. The summed E-state index contributed by atoms with van der Waals surface area (Å²) in [6, 6.07) is 3.14. The Balaban J connectivity index is 2.90. The lowest BCUT2D eigenvalue weighted by atomic mass is 10.0. The van der Waals surface area contributed by atoms with Crippen LogP contribution in [0.5, 0.6) is 0 Å². The second kappa shape index (κ2) is 8.89. The molecule has 24 heavy (non-hydrogen) atoms. The first-order valence-electron chi connectivity index (χ1n) is 7.42. The first-order chi connectivity index (χ1) is 11.1. The summed E-state index contributed by atoms with van der Waals surface area (Å²) in [6.07, 6.45) is 0.127. The quantitative estimate of drug-likeness (QED) is 0.677. The first kappa shape index (κ1) is 20.3. The Bertz CT molecular complexity index is 635. The van der Waals surface area contributed by atoms with Crippen molar-refractivity contribution < 1.29 is 14.4 Å². The van der Waals surface area contributed by atoms with Gasteiger partial charge in [-0.3, -0.25) is 14.4 Å². The third-order valence-electron chi connectivity index (χ3n) is 3.41. The third kappa shape index (κ3) is 6.02. The van der Waals surface area contributed by atoms with E-state index in [1.54, 1.807) is 32.0 Å². The molecular weight excluding hydrogens is 353 g/mol. The molecule has 2 atom stereocenters. The van der Waals surface area contributed by atoms with Crippen molar-refractivity contribution in [2.45, 2.75) is 39.3 Å². The van der Waals surface area contributed by atoms with Crippen molar-refractivity contribution in [1.29, 1.82) is 0 Å². The number of hydrogen-bond acceptors (Lipinski definition) is 3. The van der Waals surface area contributed by atoms with Gasteiger partial charge < -0.3 is 16.4 Å². The van der Waals surface area contributed by atoms with Gasteiger partial charge in [-0.25, -0.2) is 0 Å².